The maximum absolute atomic E-state index is 10.8. The molecule has 0 aromatic heterocycles. The standard InChI is InChI=1S/C9H11NO2S/c1-2-8-10(13(11)12)9-6-4-3-5-7-9/h2-7H,1,8H2,(H,11,12)/p-1. The third-order valence-corrected chi connectivity index (χ3v) is 2.24. The van der Waals surface area contributed by atoms with Crippen LogP contribution in [0.15, 0.2) is 43.0 Å². The Kier molecular flexibility index (Phi) is 3.67. The number of benzene rings is 1. The minimum atomic E-state index is -2.24. The van der Waals surface area contributed by atoms with E-state index in [0.717, 1.165) is 0 Å². The Morgan fingerprint density at radius 3 is 2.54 bits per heavy atom. The second-order valence-electron chi connectivity index (χ2n) is 2.40. The number of hydrogen-bond acceptors (Lipinski definition) is 2. The van der Waals surface area contributed by atoms with E-state index in [0.29, 0.717) is 12.2 Å². The summed E-state index contributed by atoms with van der Waals surface area (Å²) in [5.74, 6) is 0. The van der Waals surface area contributed by atoms with Crippen LogP contribution in [0, 0.1) is 0 Å². The van der Waals surface area contributed by atoms with Gasteiger partial charge in [-0.1, -0.05) is 24.3 Å². The Bertz CT molecular complexity index is 300. The Labute approximate surface area is 80.1 Å². The van der Waals surface area contributed by atoms with Crippen molar-refractivity contribution in [3.05, 3.63) is 43.0 Å². The van der Waals surface area contributed by atoms with Crippen LogP contribution in [0.1, 0.15) is 0 Å². The van der Waals surface area contributed by atoms with Crippen LogP contribution >= 0.6 is 0 Å². The van der Waals surface area contributed by atoms with Crippen molar-refractivity contribution >= 4 is 17.0 Å². The summed E-state index contributed by atoms with van der Waals surface area (Å²) in [5.41, 5.74) is 0.649. The molecule has 1 unspecified atom stereocenters. The molecule has 1 atom stereocenters. The molecule has 0 radical (unpaired) electrons. The molecule has 13 heavy (non-hydrogen) atoms. The molecule has 0 N–H and O–H groups in total. The zero-order chi connectivity index (χ0) is 9.68. The van der Waals surface area contributed by atoms with Gasteiger partial charge in [-0.2, -0.15) is 0 Å². The molecule has 1 aromatic carbocycles. The van der Waals surface area contributed by atoms with Gasteiger partial charge in [-0.25, -0.2) is 0 Å². The van der Waals surface area contributed by atoms with E-state index in [4.69, 9.17) is 0 Å². The van der Waals surface area contributed by atoms with E-state index in [1.807, 2.05) is 6.07 Å². The van der Waals surface area contributed by atoms with E-state index in [1.165, 1.54) is 4.31 Å². The van der Waals surface area contributed by atoms with Gasteiger partial charge in [0.2, 0.25) is 0 Å². The fraction of sp³-hybridized carbons (Fsp3) is 0.111. The molecule has 0 bridgehead atoms. The summed E-state index contributed by atoms with van der Waals surface area (Å²) in [6.45, 7) is 3.79. The van der Waals surface area contributed by atoms with Gasteiger partial charge in [0, 0.05) is 23.5 Å². The van der Waals surface area contributed by atoms with Crippen molar-refractivity contribution in [3.8, 4) is 0 Å². The Morgan fingerprint density at radius 1 is 1.46 bits per heavy atom. The fourth-order valence-electron chi connectivity index (χ4n) is 0.964. The number of rotatable bonds is 4. The van der Waals surface area contributed by atoms with Gasteiger partial charge in [0.05, 0.1) is 0 Å². The lowest BCUT2D eigenvalue weighted by Crippen LogP contribution is -2.25. The van der Waals surface area contributed by atoms with Crippen LogP contribution in [0.25, 0.3) is 0 Å². The minimum Gasteiger partial charge on any atom is -0.755 e. The first-order valence-corrected chi connectivity index (χ1v) is 4.81. The molecule has 0 saturated heterocycles. The second-order valence-corrected chi connectivity index (χ2v) is 3.28. The van der Waals surface area contributed by atoms with Crippen molar-refractivity contribution in [1.82, 2.24) is 0 Å². The van der Waals surface area contributed by atoms with Gasteiger partial charge in [0.1, 0.15) is 0 Å². The molecule has 0 spiro atoms. The second kappa shape index (κ2) is 4.79. The van der Waals surface area contributed by atoms with Gasteiger partial charge in [0.15, 0.2) is 0 Å². The molecule has 70 valence electrons. The molecular weight excluding hydrogens is 186 g/mol. The zero-order valence-corrected chi connectivity index (χ0v) is 7.87. The van der Waals surface area contributed by atoms with E-state index < -0.39 is 11.3 Å². The molecule has 4 heteroatoms. The van der Waals surface area contributed by atoms with Crippen molar-refractivity contribution in [3.63, 3.8) is 0 Å². The van der Waals surface area contributed by atoms with Gasteiger partial charge in [0.25, 0.3) is 0 Å². The maximum Gasteiger partial charge on any atom is 0.0486 e. The highest BCUT2D eigenvalue weighted by atomic mass is 32.2. The Morgan fingerprint density at radius 2 is 2.08 bits per heavy atom. The topological polar surface area (TPSA) is 43.4 Å². The van der Waals surface area contributed by atoms with Crippen molar-refractivity contribution < 1.29 is 8.76 Å². The lowest BCUT2D eigenvalue weighted by Gasteiger charge is -2.24. The van der Waals surface area contributed by atoms with Crippen molar-refractivity contribution in [2.24, 2.45) is 0 Å². The first-order valence-electron chi connectivity index (χ1n) is 3.78. The van der Waals surface area contributed by atoms with Crippen molar-refractivity contribution in [1.29, 1.82) is 0 Å². The molecule has 0 fully saturated rings. The van der Waals surface area contributed by atoms with Gasteiger partial charge in [-0.15, -0.1) is 6.58 Å². The summed E-state index contributed by atoms with van der Waals surface area (Å²) in [6, 6.07) is 8.89. The SMILES string of the molecule is C=CCN(c1ccccc1)S(=O)[O-]. The molecule has 1 aromatic rings. The third kappa shape index (κ3) is 2.68. The third-order valence-electron chi connectivity index (χ3n) is 1.52. The summed E-state index contributed by atoms with van der Waals surface area (Å²) in [4.78, 5) is 0. The first-order chi connectivity index (χ1) is 6.25. The summed E-state index contributed by atoms with van der Waals surface area (Å²) < 4.78 is 22.8. The smallest absolute Gasteiger partial charge is 0.0486 e. The summed E-state index contributed by atoms with van der Waals surface area (Å²) in [5, 5.41) is 0. The number of hydrogen-bond donors (Lipinski definition) is 0. The molecule has 0 aliphatic heterocycles. The van der Waals surface area contributed by atoms with Crippen LogP contribution in [0.4, 0.5) is 5.69 Å². The summed E-state index contributed by atoms with van der Waals surface area (Å²) >= 11 is -2.24. The van der Waals surface area contributed by atoms with Gasteiger partial charge >= 0.3 is 0 Å². The summed E-state index contributed by atoms with van der Waals surface area (Å²) in [7, 11) is 0. The van der Waals surface area contributed by atoms with Gasteiger partial charge in [-0.3, -0.25) is 8.51 Å². The molecule has 0 amide bonds. The minimum absolute atomic E-state index is 0.292. The fourth-order valence-corrected chi connectivity index (χ4v) is 1.48. The summed E-state index contributed by atoms with van der Waals surface area (Å²) in [6.07, 6.45) is 1.54. The van der Waals surface area contributed by atoms with Gasteiger partial charge in [-0.05, 0) is 12.1 Å². The highest BCUT2D eigenvalue weighted by molar-refractivity contribution is 7.80. The quantitative estimate of drug-likeness (QED) is 0.540. The predicted octanol–water partition coefficient (Wildman–Crippen LogP) is 1.47. The Balaban J connectivity index is 2.88. The molecule has 1 rings (SSSR count). The monoisotopic (exact) mass is 196 g/mol. The number of para-hydroxylation sites is 1. The molecule has 3 nitrogen and oxygen atoms in total. The van der Waals surface area contributed by atoms with E-state index in [9.17, 15) is 8.76 Å². The number of nitrogens with zero attached hydrogens (tertiary/aromatic N) is 1. The normalized spacial score (nSPS) is 12.1. The Hall–Kier alpha value is -1.13. The lowest BCUT2D eigenvalue weighted by molar-refractivity contribution is 0.534. The van der Waals surface area contributed by atoms with Crippen LogP contribution in [0.5, 0.6) is 0 Å². The van der Waals surface area contributed by atoms with Crippen LogP contribution in [-0.2, 0) is 11.3 Å². The van der Waals surface area contributed by atoms with Crippen molar-refractivity contribution in [2.75, 3.05) is 10.8 Å². The van der Waals surface area contributed by atoms with Crippen LogP contribution in [0.2, 0.25) is 0 Å². The highest BCUT2D eigenvalue weighted by Crippen LogP contribution is 2.13. The molecule has 0 aliphatic rings. The molecule has 0 heterocycles. The molecule has 0 aliphatic carbocycles. The van der Waals surface area contributed by atoms with E-state index in [2.05, 4.69) is 6.58 Å². The largest absolute Gasteiger partial charge is 0.755 e. The average Bonchev–Trinajstić information content (AvgIpc) is 2.15. The predicted molar refractivity (Wildman–Crippen MR) is 52.9 cm³/mol. The average molecular weight is 196 g/mol. The maximum atomic E-state index is 10.8. The van der Waals surface area contributed by atoms with Crippen LogP contribution in [0.3, 0.4) is 0 Å². The first kappa shape index (κ1) is 9.95. The van der Waals surface area contributed by atoms with E-state index in [1.54, 1.807) is 30.3 Å². The van der Waals surface area contributed by atoms with Crippen LogP contribution < -0.4 is 4.31 Å². The molecule has 0 saturated carbocycles. The molecular formula is C9H10NO2S-. The van der Waals surface area contributed by atoms with E-state index >= 15 is 0 Å². The van der Waals surface area contributed by atoms with Crippen molar-refractivity contribution in [2.45, 2.75) is 0 Å². The lowest BCUT2D eigenvalue weighted by atomic mass is 10.3. The van der Waals surface area contributed by atoms with Gasteiger partial charge < -0.3 is 4.55 Å². The zero-order valence-electron chi connectivity index (χ0n) is 7.05. The van der Waals surface area contributed by atoms with Crippen LogP contribution in [-0.4, -0.2) is 15.3 Å². The highest BCUT2D eigenvalue weighted by Gasteiger charge is 2.02. The number of anilines is 1. The van der Waals surface area contributed by atoms with E-state index in [-0.39, 0.29) is 0 Å².